The Hall–Kier alpha value is -2.78. The number of likely N-dealkylation sites (tertiary alicyclic amines) is 1. The summed E-state index contributed by atoms with van der Waals surface area (Å²) < 4.78 is 34.7. The second-order valence-electron chi connectivity index (χ2n) is 7.19. The predicted octanol–water partition coefficient (Wildman–Crippen LogP) is 1.24. The molecule has 1 atom stereocenters. The number of ether oxygens (including phenoxy) is 1. The maximum Gasteiger partial charge on any atom is 0.347 e. The molecule has 1 amide bonds. The molecule has 2 aliphatic heterocycles. The van der Waals surface area contributed by atoms with Crippen LogP contribution in [0.5, 0.6) is 5.75 Å². The summed E-state index contributed by atoms with van der Waals surface area (Å²) in [5.41, 5.74) is 0.206. The zero-order valence-corrected chi connectivity index (χ0v) is 15.5. The summed E-state index contributed by atoms with van der Waals surface area (Å²) in [6, 6.07) is 2.70. The van der Waals surface area contributed by atoms with Crippen LogP contribution in [0.25, 0.3) is 0 Å². The normalized spacial score (nSPS) is 20.8. The fourth-order valence-electron chi connectivity index (χ4n) is 3.78. The van der Waals surface area contributed by atoms with E-state index in [-0.39, 0.29) is 19.5 Å². The summed E-state index contributed by atoms with van der Waals surface area (Å²) in [4.78, 5) is 31.1. The number of nitrogens with zero attached hydrogens (tertiary/aromatic N) is 5. The van der Waals surface area contributed by atoms with Crippen molar-refractivity contribution in [3.63, 3.8) is 0 Å². The molecule has 2 aromatic rings. The van der Waals surface area contributed by atoms with Crippen LogP contribution in [-0.4, -0.2) is 56.3 Å². The number of aromatic nitrogens is 4. The van der Waals surface area contributed by atoms with Crippen molar-refractivity contribution in [2.45, 2.75) is 44.2 Å². The third-order valence-electron chi connectivity index (χ3n) is 5.24. The van der Waals surface area contributed by atoms with Crippen molar-refractivity contribution in [3.8, 4) is 5.75 Å². The van der Waals surface area contributed by atoms with Gasteiger partial charge < -0.3 is 9.64 Å². The van der Waals surface area contributed by atoms with E-state index in [4.69, 9.17) is 4.74 Å². The highest BCUT2D eigenvalue weighted by molar-refractivity contribution is 5.81. The summed E-state index contributed by atoms with van der Waals surface area (Å²) in [6.45, 7) is -0.418. The molecular weight excluding hydrogens is 372 g/mol. The molecule has 0 spiro atoms. The monoisotopic (exact) mass is 393 g/mol. The highest BCUT2D eigenvalue weighted by atomic mass is 19.3. The largest absolute Gasteiger partial charge is 0.495 e. The van der Waals surface area contributed by atoms with Crippen molar-refractivity contribution in [1.82, 2.24) is 24.2 Å². The van der Waals surface area contributed by atoms with Crippen molar-refractivity contribution in [3.05, 3.63) is 40.3 Å². The molecule has 0 radical (unpaired) electrons. The molecule has 2 aliphatic rings. The number of methoxy groups -OCH3 is 1. The number of fused-ring (bicyclic) bond motifs is 1. The molecule has 0 N–H and O–H groups in total. The molecule has 2 aromatic heterocycles. The number of rotatable bonds is 4. The SMILES string of the molecule is COc1ccc(Cn2nc3n(c2=O)C(C(=O)N2CCC(F)(F)C2)CCC3)nc1. The van der Waals surface area contributed by atoms with Gasteiger partial charge in [0.2, 0.25) is 5.91 Å². The lowest BCUT2D eigenvalue weighted by Gasteiger charge is -2.27. The van der Waals surface area contributed by atoms with Crippen molar-refractivity contribution in [1.29, 1.82) is 0 Å². The first-order valence-corrected chi connectivity index (χ1v) is 9.22. The van der Waals surface area contributed by atoms with Gasteiger partial charge in [-0.3, -0.25) is 14.3 Å². The van der Waals surface area contributed by atoms with Crippen LogP contribution < -0.4 is 10.4 Å². The Morgan fingerprint density at radius 2 is 2.21 bits per heavy atom. The number of amides is 1. The molecule has 1 unspecified atom stereocenters. The fraction of sp³-hybridized carbons (Fsp3) is 0.556. The number of pyridine rings is 1. The van der Waals surface area contributed by atoms with Crippen molar-refractivity contribution in [2.75, 3.05) is 20.2 Å². The Labute approximate surface area is 159 Å². The lowest BCUT2D eigenvalue weighted by molar-refractivity contribution is -0.135. The zero-order chi connectivity index (χ0) is 19.9. The highest BCUT2D eigenvalue weighted by Gasteiger charge is 2.43. The second kappa shape index (κ2) is 6.99. The van der Waals surface area contributed by atoms with E-state index in [1.807, 2.05) is 0 Å². The molecule has 150 valence electrons. The van der Waals surface area contributed by atoms with E-state index in [1.54, 1.807) is 18.3 Å². The average molecular weight is 393 g/mol. The quantitative estimate of drug-likeness (QED) is 0.781. The molecule has 1 saturated heterocycles. The first-order chi connectivity index (χ1) is 13.4. The minimum absolute atomic E-state index is 0.0102. The molecule has 28 heavy (non-hydrogen) atoms. The van der Waals surface area contributed by atoms with Crippen LogP contribution >= 0.6 is 0 Å². The van der Waals surface area contributed by atoms with Gasteiger partial charge in [0.05, 0.1) is 32.1 Å². The molecule has 0 bridgehead atoms. The number of carbonyl (C=O) groups excluding carboxylic acids is 1. The number of alkyl halides is 2. The van der Waals surface area contributed by atoms with Crippen molar-refractivity contribution < 1.29 is 18.3 Å². The van der Waals surface area contributed by atoms with Gasteiger partial charge in [-0.1, -0.05) is 0 Å². The van der Waals surface area contributed by atoms with Gasteiger partial charge in [-0.05, 0) is 25.0 Å². The Bertz CT molecular complexity index is 938. The number of carbonyl (C=O) groups is 1. The minimum atomic E-state index is -2.86. The standard InChI is InChI=1S/C18H21F2N5O3/c1-28-13-6-5-12(21-9-13)10-24-17(27)25-14(3-2-4-15(25)22-24)16(26)23-8-7-18(19,20)11-23/h5-6,9,14H,2-4,7-8,10-11H2,1H3. The van der Waals surface area contributed by atoms with Gasteiger partial charge in [-0.2, -0.15) is 5.10 Å². The van der Waals surface area contributed by atoms with E-state index in [2.05, 4.69) is 10.1 Å². The van der Waals surface area contributed by atoms with E-state index in [1.165, 1.54) is 16.4 Å². The maximum atomic E-state index is 13.5. The molecule has 0 aromatic carbocycles. The van der Waals surface area contributed by atoms with E-state index in [0.717, 1.165) is 4.90 Å². The molecule has 0 saturated carbocycles. The Balaban J connectivity index is 1.59. The number of hydrogen-bond acceptors (Lipinski definition) is 5. The van der Waals surface area contributed by atoms with Crippen LogP contribution in [0.3, 0.4) is 0 Å². The Kier molecular flexibility index (Phi) is 4.64. The lowest BCUT2D eigenvalue weighted by Crippen LogP contribution is -2.42. The molecule has 8 nitrogen and oxygen atoms in total. The number of halogens is 2. The summed E-state index contributed by atoms with van der Waals surface area (Å²) in [6.07, 6.45) is 2.91. The molecule has 1 fully saturated rings. The first kappa shape index (κ1) is 18.6. The lowest BCUT2D eigenvalue weighted by atomic mass is 10.0. The smallest absolute Gasteiger partial charge is 0.347 e. The van der Waals surface area contributed by atoms with E-state index in [0.29, 0.717) is 36.5 Å². The van der Waals surface area contributed by atoms with Crippen LogP contribution in [0.15, 0.2) is 23.1 Å². The van der Waals surface area contributed by atoms with Crippen molar-refractivity contribution in [2.24, 2.45) is 0 Å². The van der Waals surface area contributed by atoms with Crippen LogP contribution in [-0.2, 0) is 17.8 Å². The van der Waals surface area contributed by atoms with Crippen LogP contribution in [0, 0.1) is 0 Å². The summed E-state index contributed by atoms with van der Waals surface area (Å²) >= 11 is 0. The fourth-order valence-corrected chi connectivity index (χ4v) is 3.78. The Morgan fingerprint density at radius 3 is 2.86 bits per heavy atom. The van der Waals surface area contributed by atoms with Crippen LogP contribution in [0.2, 0.25) is 0 Å². The van der Waals surface area contributed by atoms with Gasteiger partial charge in [0.1, 0.15) is 17.6 Å². The van der Waals surface area contributed by atoms with Gasteiger partial charge in [0, 0.05) is 19.4 Å². The third-order valence-corrected chi connectivity index (χ3v) is 5.24. The zero-order valence-electron chi connectivity index (χ0n) is 15.5. The van der Waals surface area contributed by atoms with E-state index < -0.39 is 30.1 Å². The minimum Gasteiger partial charge on any atom is -0.495 e. The van der Waals surface area contributed by atoms with Crippen molar-refractivity contribution >= 4 is 5.91 Å². The predicted molar refractivity (Wildman–Crippen MR) is 94.5 cm³/mol. The molecule has 4 heterocycles. The van der Waals surface area contributed by atoms with Gasteiger partial charge in [0.15, 0.2) is 0 Å². The Morgan fingerprint density at radius 1 is 1.39 bits per heavy atom. The highest BCUT2D eigenvalue weighted by Crippen LogP contribution is 2.31. The first-order valence-electron chi connectivity index (χ1n) is 9.22. The molecule has 4 rings (SSSR count). The maximum absolute atomic E-state index is 13.5. The second-order valence-corrected chi connectivity index (χ2v) is 7.19. The van der Waals surface area contributed by atoms with Gasteiger partial charge in [-0.15, -0.1) is 0 Å². The van der Waals surface area contributed by atoms with E-state index >= 15 is 0 Å². The third kappa shape index (κ3) is 3.38. The van der Waals surface area contributed by atoms with Crippen LogP contribution in [0.1, 0.15) is 36.8 Å². The average Bonchev–Trinajstić information content (AvgIpc) is 3.21. The van der Waals surface area contributed by atoms with Crippen LogP contribution in [0.4, 0.5) is 8.78 Å². The van der Waals surface area contributed by atoms with Gasteiger partial charge in [-0.25, -0.2) is 18.3 Å². The summed E-state index contributed by atoms with van der Waals surface area (Å²) in [5, 5.41) is 4.35. The number of hydrogen-bond donors (Lipinski definition) is 0. The molecule has 10 heteroatoms. The summed E-state index contributed by atoms with van der Waals surface area (Å²) in [7, 11) is 1.54. The van der Waals surface area contributed by atoms with Gasteiger partial charge in [0.25, 0.3) is 5.92 Å². The summed E-state index contributed by atoms with van der Waals surface area (Å²) in [5.74, 6) is -2.17. The number of aryl methyl sites for hydroxylation is 1. The molecule has 0 aliphatic carbocycles. The molecular formula is C18H21F2N5O3. The topological polar surface area (TPSA) is 82.2 Å². The van der Waals surface area contributed by atoms with Gasteiger partial charge >= 0.3 is 5.69 Å². The van der Waals surface area contributed by atoms with E-state index in [9.17, 15) is 18.4 Å².